The van der Waals surface area contributed by atoms with Gasteiger partial charge < -0.3 is 0 Å². The average Bonchev–Trinajstić information content (AvgIpc) is 2.76. The van der Waals surface area contributed by atoms with Crippen molar-refractivity contribution in [2.45, 2.75) is 27.2 Å². The van der Waals surface area contributed by atoms with Crippen LogP contribution in [0.15, 0.2) is 24.3 Å². The fraction of sp³-hybridized carbons (Fsp3) is 0.250. The molecule has 19 heavy (non-hydrogen) atoms. The number of allylic oxidation sites excluding steroid dienone is 1. The predicted octanol–water partition coefficient (Wildman–Crippen LogP) is 4.39. The first kappa shape index (κ1) is 13.5. The monoisotopic (exact) mass is 268 g/mol. The Labute approximate surface area is 118 Å². The minimum Gasteiger partial charge on any atom is -0.240 e. The van der Waals surface area contributed by atoms with Gasteiger partial charge in [0.15, 0.2) is 0 Å². The summed E-state index contributed by atoms with van der Waals surface area (Å²) in [7, 11) is 0. The minimum absolute atomic E-state index is 0.630. The molecule has 2 rings (SSSR count). The highest BCUT2D eigenvalue weighted by Crippen LogP contribution is 2.25. The number of aryl methyl sites for hydroxylation is 3. The molecule has 0 spiro atoms. The molecule has 0 N–H and O–H groups in total. The van der Waals surface area contributed by atoms with E-state index in [1.165, 1.54) is 5.56 Å². The summed E-state index contributed by atoms with van der Waals surface area (Å²) in [5, 5.41) is 10.1. The third kappa shape index (κ3) is 3.10. The SMILES string of the molecule is CCc1ccc(/C=C(\C#N)c2nc(C)c(C)s2)cc1. The van der Waals surface area contributed by atoms with E-state index in [4.69, 9.17) is 0 Å². The lowest BCUT2D eigenvalue weighted by atomic mass is 10.1. The Balaban J connectivity index is 2.35. The van der Waals surface area contributed by atoms with Crippen molar-refractivity contribution >= 4 is 23.0 Å². The van der Waals surface area contributed by atoms with Gasteiger partial charge in [-0.25, -0.2) is 4.98 Å². The highest BCUT2D eigenvalue weighted by atomic mass is 32.1. The quantitative estimate of drug-likeness (QED) is 0.774. The lowest BCUT2D eigenvalue weighted by Gasteiger charge is -1.98. The molecule has 0 bridgehead atoms. The Morgan fingerprint density at radius 1 is 1.32 bits per heavy atom. The molecule has 0 aliphatic carbocycles. The Hall–Kier alpha value is -1.92. The van der Waals surface area contributed by atoms with Gasteiger partial charge in [-0.2, -0.15) is 5.26 Å². The summed E-state index contributed by atoms with van der Waals surface area (Å²) in [4.78, 5) is 5.60. The number of hydrogen-bond acceptors (Lipinski definition) is 3. The van der Waals surface area contributed by atoms with Crippen molar-refractivity contribution in [3.63, 3.8) is 0 Å². The summed E-state index contributed by atoms with van der Waals surface area (Å²) in [5.41, 5.74) is 3.98. The molecule has 2 aromatic rings. The van der Waals surface area contributed by atoms with Crippen LogP contribution in [-0.4, -0.2) is 4.98 Å². The van der Waals surface area contributed by atoms with Gasteiger partial charge in [0.1, 0.15) is 11.1 Å². The molecule has 1 aromatic carbocycles. The van der Waals surface area contributed by atoms with Crippen molar-refractivity contribution < 1.29 is 0 Å². The highest BCUT2D eigenvalue weighted by Gasteiger charge is 2.08. The zero-order chi connectivity index (χ0) is 13.8. The third-order valence-electron chi connectivity index (χ3n) is 3.08. The van der Waals surface area contributed by atoms with Crippen LogP contribution in [0.2, 0.25) is 0 Å². The first-order chi connectivity index (χ1) is 9.13. The summed E-state index contributed by atoms with van der Waals surface area (Å²) in [6.45, 7) is 6.13. The molecule has 0 fully saturated rings. The van der Waals surface area contributed by atoms with E-state index < -0.39 is 0 Å². The van der Waals surface area contributed by atoms with Gasteiger partial charge >= 0.3 is 0 Å². The largest absolute Gasteiger partial charge is 0.240 e. The van der Waals surface area contributed by atoms with E-state index in [0.717, 1.165) is 27.6 Å². The van der Waals surface area contributed by atoms with E-state index in [1.807, 2.05) is 32.1 Å². The predicted molar refractivity (Wildman–Crippen MR) is 80.9 cm³/mol. The summed E-state index contributed by atoms with van der Waals surface area (Å²) >= 11 is 1.57. The van der Waals surface area contributed by atoms with Crippen LogP contribution >= 0.6 is 11.3 Å². The summed E-state index contributed by atoms with van der Waals surface area (Å²) in [6, 6.07) is 10.5. The third-order valence-corrected chi connectivity index (χ3v) is 4.18. The van der Waals surface area contributed by atoms with Gasteiger partial charge in [0.25, 0.3) is 0 Å². The lowest BCUT2D eigenvalue weighted by Crippen LogP contribution is -1.83. The number of nitrogens with zero attached hydrogens (tertiary/aromatic N) is 2. The maximum absolute atomic E-state index is 9.29. The molecule has 0 unspecified atom stereocenters. The second-order valence-corrected chi connectivity index (χ2v) is 5.63. The van der Waals surface area contributed by atoms with Gasteiger partial charge in [-0.1, -0.05) is 31.2 Å². The van der Waals surface area contributed by atoms with Crippen molar-refractivity contribution in [2.75, 3.05) is 0 Å². The molecule has 0 atom stereocenters. The smallest absolute Gasteiger partial charge is 0.134 e. The first-order valence-corrected chi connectivity index (χ1v) is 7.10. The molecule has 96 valence electrons. The second-order valence-electron chi connectivity index (χ2n) is 4.43. The number of thiazole rings is 1. The second kappa shape index (κ2) is 5.81. The average molecular weight is 268 g/mol. The fourth-order valence-electron chi connectivity index (χ4n) is 1.75. The maximum Gasteiger partial charge on any atom is 0.134 e. The molecule has 3 heteroatoms. The Morgan fingerprint density at radius 2 is 2.00 bits per heavy atom. The Morgan fingerprint density at radius 3 is 2.47 bits per heavy atom. The number of benzene rings is 1. The molecule has 0 aliphatic rings. The van der Waals surface area contributed by atoms with Crippen molar-refractivity contribution in [1.82, 2.24) is 4.98 Å². The molecular weight excluding hydrogens is 252 g/mol. The van der Waals surface area contributed by atoms with Crippen LogP contribution < -0.4 is 0 Å². The van der Waals surface area contributed by atoms with Crippen molar-refractivity contribution in [3.8, 4) is 6.07 Å². The molecule has 2 nitrogen and oxygen atoms in total. The fourth-order valence-corrected chi connectivity index (χ4v) is 2.63. The summed E-state index contributed by atoms with van der Waals surface area (Å²) < 4.78 is 0. The summed E-state index contributed by atoms with van der Waals surface area (Å²) in [6.07, 6.45) is 2.93. The normalized spacial score (nSPS) is 11.4. The van der Waals surface area contributed by atoms with E-state index in [1.54, 1.807) is 11.3 Å². The molecule has 1 aromatic heterocycles. The topological polar surface area (TPSA) is 36.7 Å². The van der Waals surface area contributed by atoms with Gasteiger partial charge in [0.05, 0.1) is 11.3 Å². The number of nitriles is 1. The number of aromatic nitrogens is 1. The Bertz CT molecular complexity index is 623. The van der Waals surface area contributed by atoms with Crippen molar-refractivity contribution in [2.24, 2.45) is 0 Å². The van der Waals surface area contributed by atoms with Gasteiger partial charge in [-0.3, -0.25) is 0 Å². The van der Waals surface area contributed by atoms with Crippen LogP contribution in [0.25, 0.3) is 11.6 Å². The van der Waals surface area contributed by atoms with E-state index in [0.29, 0.717) is 5.57 Å². The van der Waals surface area contributed by atoms with Crippen molar-refractivity contribution in [3.05, 3.63) is 51.0 Å². The van der Waals surface area contributed by atoms with E-state index >= 15 is 0 Å². The molecule has 0 radical (unpaired) electrons. The van der Waals surface area contributed by atoms with Crippen LogP contribution in [0.3, 0.4) is 0 Å². The Kier molecular flexibility index (Phi) is 4.13. The zero-order valence-electron chi connectivity index (χ0n) is 11.4. The molecule has 0 aliphatic heterocycles. The minimum atomic E-state index is 0.630. The van der Waals surface area contributed by atoms with Gasteiger partial charge in [-0.15, -0.1) is 11.3 Å². The number of rotatable bonds is 3. The van der Waals surface area contributed by atoms with Crippen molar-refractivity contribution in [1.29, 1.82) is 5.26 Å². The van der Waals surface area contributed by atoms with Crippen LogP contribution in [0.4, 0.5) is 0 Å². The summed E-state index contributed by atoms with van der Waals surface area (Å²) in [5.74, 6) is 0. The van der Waals surface area contributed by atoms with Crippen LogP contribution in [0, 0.1) is 25.2 Å². The van der Waals surface area contributed by atoms with Crippen LogP contribution in [-0.2, 0) is 6.42 Å². The highest BCUT2D eigenvalue weighted by molar-refractivity contribution is 7.12. The zero-order valence-corrected chi connectivity index (χ0v) is 12.2. The molecular formula is C16H16N2S. The number of hydrogen-bond donors (Lipinski definition) is 0. The van der Waals surface area contributed by atoms with E-state index in [2.05, 4.69) is 30.1 Å². The van der Waals surface area contributed by atoms with Crippen LogP contribution in [0.5, 0.6) is 0 Å². The van der Waals surface area contributed by atoms with Crippen LogP contribution in [0.1, 0.15) is 33.6 Å². The van der Waals surface area contributed by atoms with Gasteiger partial charge in [-0.05, 0) is 37.5 Å². The first-order valence-electron chi connectivity index (χ1n) is 6.29. The van der Waals surface area contributed by atoms with Gasteiger partial charge in [0.2, 0.25) is 0 Å². The molecule has 0 saturated carbocycles. The molecule has 0 amide bonds. The standard InChI is InChI=1S/C16H16N2S/c1-4-13-5-7-14(8-6-13)9-15(10-17)16-18-11(2)12(3)19-16/h5-9H,4H2,1-3H3/b15-9+. The van der Waals surface area contributed by atoms with E-state index in [-0.39, 0.29) is 0 Å². The molecule has 0 saturated heterocycles. The molecule has 1 heterocycles. The van der Waals surface area contributed by atoms with Gasteiger partial charge in [0, 0.05) is 4.88 Å². The van der Waals surface area contributed by atoms with E-state index in [9.17, 15) is 5.26 Å². The maximum atomic E-state index is 9.29. The lowest BCUT2D eigenvalue weighted by molar-refractivity contribution is 1.14.